The second-order valence-electron chi connectivity index (χ2n) is 5.63. The molecular weight excluding hydrogens is 310 g/mol. The van der Waals surface area contributed by atoms with Gasteiger partial charge in [0.1, 0.15) is 0 Å². The van der Waals surface area contributed by atoms with E-state index in [1.165, 1.54) is 6.08 Å². The molecule has 1 N–H and O–H groups in total. The number of hydrogen-bond acceptors (Lipinski definition) is 3. The van der Waals surface area contributed by atoms with Crippen molar-refractivity contribution in [1.29, 1.82) is 0 Å². The van der Waals surface area contributed by atoms with Crippen LogP contribution in [0, 0.1) is 0 Å². The third-order valence-corrected chi connectivity index (χ3v) is 3.95. The van der Waals surface area contributed by atoms with Crippen molar-refractivity contribution in [3.05, 3.63) is 84.7 Å². The summed E-state index contributed by atoms with van der Waals surface area (Å²) in [6.07, 6.45) is 6.80. The van der Waals surface area contributed by atoms with Gasteiger partial charge in [-0.05, 0) is 35.9 Å². The van der Waals surface area contributed by atoms with Crippen LogP contribution in [-0.4, -0.2) is 15.9 Å². The first kappa shape index (κ1) is 15.0. The molecule has 0 aliphatic rings. The van der Waals surface area contributed by atoms with Crippen LogP contribution in [0.25, 0.3) is 27.9 Å². The molecule has 0 aliphatic carbocycles. The number of fused-ring (bicyclic) bond motifs is 3. The first-order chi connectivity index (χ1) is 12.3. The van der Waals surface area contributed by atoms with Gasteiger partial charge in [0.2, 0.25) is 5.91 Å². The minimum absolute atomic E-state index is 0.183. The van der Waals surface area contributed by atoms with Crippen molar-refractivity contribution in [3.63, 3.8) is 0 Å². The topological polar surface area (TPSA) is 54.9 Å². The van der Waals surface area contributed by atoms with Crippen LogP contribution in [0.5, 0.6) is 0 Å². The molecule has 0 saturated heterocycles. The summed E-state index contributed by atoms with van der Waals surface area (Å²) in [4.78, 5) is 21.2. The summed E-state index contributed by atoms with van der Waals surface area (Å²) in [5.41, 5.74) is 3.32. The van der Waals surface area contributed by atoms with Crippen molar-refractivity contribution in [1.82, 2.24) is 9.97 Å². The van der Waals surface area contributed by atoms with Gasteiger partial charge in [0.05, 0.1) is 16.7 Å². The molecule has 4 nitrogen and oxygen atoms in total. The Morgan fingerprint density at radius 2 is 1.64 bits per heavy atom. The van der Waals surface area contributed by atoms with E-state index in [4.69, 9.17) is 0 Å². The third-order valence-electron chi connectivity index (χ3n) is 3.95. The molecule has 2 aromatic carbocycles. The largest absolute Gasteiger partial charge is 0.322 e. The van der Waals surface area contributed by atoms with E-state index in [0.717, 1.165) is 33.1 Å². The first-order valence-corrected chi connectivity index (χ1v) is 7.98. The van der Waals surface area contributed by atoms with Gasteiger partial charge in [-0.3, -0.25) is 14.8 Å². The molecule has 2 heterocycles. The lowest BCUT2D eigenvalue weighted by atomic mass is 10.1. The van der Waals surface area contributed by atoms with E-state index in [1.54, 1.807) is 18.5 Å². The second-order valence-corrected chi connectivity index (χ2v) is 5.63. The van der Waals surface area contributed by atoms with Crippen molar-refractivity contribution in [3.8, 4) is 0 Å². The van der Waals surface area contributed by atoms with Crippen molar-refractivity contribution >= 4 is 39.5 Å². The van der Waals surface area contributed by atoms with Gasteiger partial charge in [0.15, 0.2) is 0 Å². The predicted octanol–water partition coefficient (Wildman–Crippen LogP) is 4.43. The Morgan fingerprint density at radius 1 is 0.880 bits per heavy atom. The minimum Gasteiger partial charge on any atom is -0.322 e. The van der Waals surface area contributed by atoms with Gasteiger partial charge < -0.3 is 5.32 Å². The maximum Gasteiger partial charge on any atom is 0.248 e. The molecular formula is C21H15N3O. The van der Waals surface area contributed by atoms with E-state index in [0.29, 0.717) is 0 Å². The number of carbonyl (C=O) groups is 1. The zero-order valence-corrected chi connectivity index (χ0v) is 13.4. The summed E-state index contributed by atoms with van der Waals surface area (Å²) in [7, 11) is 0. The van der Waals surface area contributed by atoms with Crippen molar-refractivity contribution in [2.24, 2.45) is 0 Å². The van der Waals surface area contributed by atoms with Crippen LogP contribution in [0.1, 0.15) is 5.56 Å². The van der Waals surface area contributed by atoms with Gasteiger partial charge >= 0.3 is 0 Å². The fourth-order valence-electron chi connectivity index (χ4n) is 2.79. The fraction of sp³-hybridized carbons (Fsp3) is 0. The quantitative estimate of drug-likeness (QED) is 0.448. The molecule has 4 heteroatoms. The summed E-state index contributed by atoms with van der Waals surface area (Å²) in [5.74, 6) is -0.183. The molecule has 120 valence electrons. The fourth-order valence-corrected chi connectivity index (χ4v) is 2.79. The molecule has 4 rings (SSSR count). The van der Waals surface area contributed by atoms with Crippen LogP contribution in [0.3, 0.4) is 0 Å². The Bertz CT molecular complexity index is 1090. The lowest BCUT2D eigenvalue weighted by molar-refractivity contribution is -0.111. The first-order valence-electron chi connectivity index (χ1n) is 7.98. The number of anilines is 1. The van der Waals surface area contributed by atoms with Gasteiger partial charge in [-0.15, -0.1) is 0 Å². The Morgan fingerprint density at radius 3 is 2.48 bits per heavy atom. The number of hydrogen-bond donors (Lipinski definition) is 1. The summed E-state index contributed by atoms with van der Waals surface area (Å²) in [5, 5.41) is 4.77. The minimum atomic E-state index is -0.183. The molecule has 0 unspecified atom stereocenters. The Labute approximate surface area is 144 Å². The van der Waals surface area contributed by atoms with Crippen molar-refractivity contribution in [2.75, 3.05) is 5.32 Å². The van der Waals surface area contributed by atoms with E-state index in [1.807, 2.05) is 60.7 Å². The van der Waals surface area contributed by atoms with Crippen molar-refractivity contribution < 1.29 is 4.79 Å². The molecule has 0 saturated carbocycles. The molecule has 0 atom stereocenters. The van der Waals surface area contributed by atoms with Gasteiger partial charge in [0, 0.05) is 29.2 Å². The monoisotopic (exact) mass is 325 g/mol. The number of pyridine rings is 2. The van der Waals surface area contributed by atoms with Gasteiger partial charge in [-0.2, -0.15) is 0 Å². The SMILES string of the molecule is O=C(/C=C/c1ccccc1)Nc1cc2cccnc2c2ncccc12. The molecule has 0 spiro atoms. The van der Waals surface area contributed by atoms with E-state index in [-0.39, 0.29) is 5.91 Å². The lowest BCUT2D eigenvalue weighted by Gasteiger charge is -2.09. The van der Waals surface area contributed by atoms with Gasteiger partial charge in [-0.25, -0.2) is 0 Å². The molecule has 0 radical (unpaired) electrons. The number of rotatable bonds is 3. The maximum absolute atomic E-state index is 12.3. The number of aromatic nitrogens is 2. The van der Waals surface area contributed by atoms with Gasteiger partial charge in [0.25, 0.3) is 0 Å². The normalized spacial score (nSPS) is 11.2. The van der Waals surface area contributed by atoms with Crippen LogP contribution in [0.15, 0.2) is 79.1 Å². The van der Waals surface area contributed by atoms with E-state index < -0.39 is 0 Å². The van der Waals surface area contributed by atoms with Crippen LogP contribution < -0.4 is 5.32 Å². The highest BCUT2D eigenvalue weighted by Gasteiger charge is 2.09. The number of carbonyl (C=O) groups excluding carboxylic acids is 1. The Kier molecular flexibility index (Phi) is 3.92. The lowest BCUT2D eigenvalue weighted by Crippen LogP contribution is -2.08. The number of nitrogens with zero attached hydrogens (tertiary/aromatic N) is 2. The molecule has 4 aromatic rings. The second kappa shape index (κ2) is 6.53. The molecule has 0 bridgehead atoms. The predicted molar refractivity (Wildman–Crippen MR) is 101 cm³/mol. The zero-order valence-electron chi connectivity index (χ0n) is 13.4. The highest BCUT2D eigenvalue weighted by Crippen LogP contribution is 2.29. The molecule has 25 heavy (non-hydrogen) atoms. The smallest absolute Gasteiger partial charge is 0.248 e. The number of nitrogens with one attached hydrogen (secondary N) is 1. The van der Waals surface area contributed by atoms with Crippen molar-refractivity contribution in [2.45, 2.75) is 0 Å². The highest BCUT2D eigenvalue weighted by molar-refractivity contribution is 6.13. The highest BCUT2D eigenvalue weighted by atomic mass is 16.1. The molecule has 1 amide bonds. The average Bonchev–Trinajstić information content (AvgIpc) is 2.67. The zero-order chi connectivity index (χ0) is 17.1. The van der Waals surface area contributed by atoms with E-state index in [2.05, 4.69) is 15.3 Å². The summed E-state index contributed by atoms with van der Waals surface area (Å²) >= 11 is 0. The summed E-state index contributed by atoms with van der Waals surface area (Å²) < 4.78 is 0. The molecule has 0 fully saturated rings. The Balaban J connectivity index is 1.71. The maximum atomic E-state index is 12.3. The van der Waals surface area contributed by atoms with Crippen LogP contribution in [0.2, 0.25) is 0 Å². The Hall–Kier alpha value is -3.53. The van der Waals surface area contributed by atoms with Gasteiger partial charge in [-0.1, -0.05) is 36.4 Å². The number of benzene rings is 2. The standard InChI is InChI=1S/C21H15N3O/c25-19(11-10-15-6-2-1-3-7-15)24-18-14-16-8-4-12-22-20(16)21-17(18)9-5-13-23-21/h1-14H,(H,24,25)/b11-10+. The van der Waals surface area contributed by atoms with E-state index in [9.17, 15) is 4.79 Å². The summed E-state index contributed by atoms with van der Waals surface area (Å²) in [6.45, 7) is 0. The van der Waals surface area contributed by atoms with Crippen LogP contribution in [0.4, 0.5) is 5.69 Å². The average molecular weight is 325 g/mol. The third kappa shape index (κ3) is 3.10. The van der Waals surface area contributed by atoms with Crippen LogP contribution >= 0.6 is 0 Å². The molecule has 2 aromatic heterocycles. The summed E-state index contributed by atoms with van der Waals surface area (Å²) in [6, 6.07) is 19.3. The van der Waals surface area contributed by atoms with Crippen LogP contribution in [-0.2, 0) is 4.79 Å². The molecule has 0 aliphatic heterocycles. The number of amides is 1. The van der Waals surface area contributed by atoms with E-state index >= 15 is 0 Å².